The Bertz CT molecular complexity index is 1170. The van der Waals surface area contributed by atoms with E-state index in [0.29, 0.717) is 5.75 Å². The van der Waals surface area contributed by atoms with Gasteiger partial charge in [0.2, 0.25) is 10.0 Å². The van der Waals surface area contributed by atoms with E-state index in [9.17, 15) is 13.2 Å². The summed E-state index contributed by atoms with van der Waals surface area (Å²) in [5, 5.41) is 2.86. The molecule has 3 aromatic carbocycles. The Morgan fingerprint density at radius 2 is 1.59 bits per heavy atom. The van der Waals surface area contributed by atoms with Gasteiger partial charge in [0.15, 0.2) is 6.61 Å². The molecule has 0 heterocycles. The number of nitrogens with one attached hydrogen (secondary N) is 1. The Balaban J connectivity index is 1.60. The van der Waals surface area contributed by atoms with Crippen molar-refractivity contribution in [3.05, 3.63) is 87.9 Å². The molecule has 1 N–H and O–H groups in total. The first-order valence-electron chi connectivity index (χ1n) is 9.96. The van der Waals surface area contributed by atoms with E-state index in [1.165, 1.54) is 16.4 Å². The summed E-state index contributed by atoms with van der Waals surface area (Å²) < 4.78 is 33.4. The molecule has 1 amide bonds. The van der Waals surface area contributed by atoms with Gasteiger partial charge in [-0.15, -0.1) is 0 Å². The van der Waals surface area contributed by atoms with Crippen LogP contribution in [0.3, 0.4) is 0 Å². The van der Waals surface area contributed by atoms with Gasteiger partial charge in [0.25, 0.3) is 5.91 Å². The van der Waals surface area contributed by atoms with Gasteiger partial charge in [0.05, 0.1) is 4.90 Å². The Labute approximate surface area is 197 Å². The highest BCUT2D eigenvalue weighted by atomic mass is 79.9. The molecule has 0 aliphatic rings. The number of nitrogens with zero attached hydrogens (tertiary/aromatic N) is 1. The molecule has 168 valence electrons. The molecule has 3 aromatic rings. The average molecular weight is 517 g/mol. The molecule has 0 atom stereocenters. The Morgan fingerprint density at radius 1 is 1.00 bits per heavy atom. The van der Waals surface area contributed by atoms with Crippen molar-refractivity contribution in [1.29, 1.82) is 0 Å². The summed E-state index contributed by atoms with van der Waals surface area (Å²) in [6.07, 6.45) is 0. The molecule has 3 rings (SSSR count). The second kappa shape index (κ2) is 10.3. The lowest BCUT2D eigenvalue weighted by atomic mass is 10.1. The highest BCUT2D eigenvalue weighted by Gasteiger charge is 2.21. The molecule has 8 heteroatoms. The molecule has 0 radical (unpaired) electrons. The minimum absolute atomic E-state index is 0.161. The number of anilines is 1. The molecule has 0 aliphatic heterocycles. The quantitative estimate of drug-likeness (QED) is 0.461. The number of hydrogen-bond donors (Lipinski definition) is 1. The maximum Gasteiger partial charge on any atom is 0.262 e. The average Bonchev–Trinajstić information content (AvgIpc) is 2.75. The van der Waals surface area contributed by atoms with Crippen LogP contribution >= 0.6 is 15.9 Å². The van der Waals surface area contributed by atoms with Crippen LogP contribution in [0.5, 0.6) is 5.75 Å². The monoisotopic (exact) mass is 516 g/mol. The molecule has 6 nitrogen and oxygen atoms in total. The largest absolute Gasteiger partial charge is 0.484 e. The maximum atomic E-state index is 12.8. The zero-order valence-corrected chi connectivity index (χ0v) is 20.5. The molecule has 0 aliphatic carbocycles. The van der Waals surface area contributed by atoms with Crippen LogP contribution in [-0.2, 0) is 21.4 Å². The number of halogens is 1. The van der Waals surface area contributed by atoms with Crippen molar-refractivity contribution >= 4 is 37.5 Å². The number of hydrogen-bond acceptors (Lipinski definition) is 4. The van der Waals surface area contributed by atoms with Crippen molar-refractivity contribution in [3.63, 3.8) is 0 Å². The van der Waals surface area contributed by atoms with Gasteiger partial charge in [-0.1, -0.05) is 46.3 Å². The molecular weight excluding hydrogens is 492 g/mol. The summed E-state index contributed by atoms with van der Waals surface area (Å²) in [4.78, 5) is 12.5. The molecule has 0 fully saturated rings. The van der Waals surface area contributed by atoms with Gasteiger partial charge in [0, 0.05) is 23.8 Å². The maximum absolute atomic E-state index is 12.8. The van der Waals surface area contributed by atoms with Crippen molar-refractivity contribution < 1.29 is 17.9 Å². The van der Waals surface area contributed by atoms with Gasteiger partial charge in [-0.05, 0) is 66.9 Å². The van der Waals surface area contributed by atoms with Gasteiger partial charge in [-0.2, -0.15) is 4.31 Å². The Morgan fingerprint density at radius 3 is 2.19 bits per heavy atom. The lowest BCUT2D eigenvalue weighted by molar-refractivity contribution is -0.118. The van der Waals surface area contributed by atoms with E-state index in [-0.39, 0.29) is 24.0 Å². The summed E-state index contributed by atoms with van der Waals surface area (Å²) >= 11 is 3.44. The van der Waals surface area contributed by atoms with Crippen LogP contribution in [0.25, 0.3) is 0 Å². The van der Waals surface area contributed by atoms with Gasteiger partial charge in [-0.25, -0.2) is 8.42 Å². The third kappa shape index (κ3) is 5.97. The van der Waals surface area contributed by atoms with Crippen LogP contribution in [0, 0.1) is 13.8 Å². The summed E-state index contributed by atoms with van der Waals surface area (Å²) in [5.74, 6) is 0.117. The van der Waals surface area contributed by atoms with Crippen molar-refractivity contribution in [2.24, 2.45) is 0 Å². The smallest absolute Gasteiger partial charge is 0.262 e. The normalized spacial score (nSPS) is 11.4. The van der Waals surface area contributed by atoms with Gasteiger partial charge < -0.3 is 10.1 Å². The minimum atomic E-state index is -3.64. The van der Waals surface area contributed by atoms with E-state index in [1.54, 1.807) is 19.2 Å². The fourth-order valence-corrected chi connectivity index (χ4v) is 5.09. The number of sulfonamides is 1. The van der Waals surface area contributed by atoms with E-state index in [0.717, 1.165) is 26.9 Å². The van der Waals surface area contributed by atoms with Crippen LogP contribution in [0.4, 0.5) is 5.69 Å². The summed E-state index contributed by atoms with van der Waals surface area (Å²) in [7, 11) is -2.10. The van der Waals surface area contributed by atoms with Crippen molar-refractivity contribution in [1.82, 2.24) is 4.31 Å². The van der Waals surface area contributed by atoms with Gasteiger partial charge >= 0.3 is 0 Å². The highest BCUT2D eigenvalue weighted by Crippen LogP contribution is 2.25. The lowest BCUT2D eigenvalue weighted by Gasteiger charge is -2.17. The van der Waals surface area contributed by atoms with Crippen LogP contribution in [0.15, 0.2) is 76.1 Å². The number of amides is 1. The first-order valence-corrected chi connectivity index (χ1v) is 12.2. The molecule has 32 heavy (non-hydrogen) atoms. The van der Waals surface area contributed by atoms with Crippen molar-refractivity contribution in [2.75, 3.05) is 19.0 Å². The second-order valence-electron chi connectivity index (χ2n) is 7.47. The molecular formula is C24H25BrN2O4S. The standard InChI is InChI=1S/C24H25BrN2O4S/c1-17-13-20(25)14-18(2)24(17)26-23(28)16-31-21-9-11-22(12-10-21)32(29,30)27(3)15-19-7-5-4-6-8-19/h4-14H,15-16H2,1-3H3,(H,26,28). The van der Waals surface area contributed by atoms with Gasteiger partial charge in [-0.3, -0.25) is 4.79 Å². The number of carbonyl (C=O) groups is 1. The lowest BCUT2D eigenvalue weighted by Crippen LogP contribution is -2.26. The Hall–Kier alpha value is -2.68. The predicted octanol–water partition coefficient (Wildman–Crippen LogP) is 4.90. The SMILES string of the molecule is Cc1cc(Br)cc(C)c1NC(=O)COc1ccc(S(=O)(=O)N(C)Cc2ccccc2)cc1. The van der Waals surface area contributed by atoms with E-state index < -0.39 is 10.0 Å². The number of rotatable bonds is 8. The van der Waals surface area contributed by atoms with Crippen molar-refractivity contribution in [2.45, 2.75) is 25.3 Å². The predicted molar refractivity (Wildman–Crippen MR) is 129 cm³/mol. The molecule has 0 saturated heterocycles. The van der Waals surface area contributed by atoms with Crippen LogP contribution < -0.4 is 10.1 Å². The van der Waals surface area contributed by atoms with E-state index in [2.05, 4.69) is 21.2 Å². The van der Waals surface area contributed by atoms with Crippen LogP contribution in [0.1, 0.15) is 16.7 Å². The third-order valence-corrected chi connectivity index (χ3v) is 7.19. The molecule has 0 saturated carbocycles. The van der Waals surface area contributed by atoms with Crippen LogP contribution in [-0.4, -0.2) is 32.3 Å². The van der Waals surface area contributed by atoms with Crippen molar-refractivity contribution in [3.8, 4) is 5.75 Å². The summed E-state index contributed by atoms with van der Waals surface area (Å²) in [5.41, 5.74) is 3.55. The first kappa shape index (κ1) is 24.0. The zero-order valence-electron chi connectivity index (χ0n) is 18.1. The number of benzene rings is 3. The molecule has 0 aromatic heterocycles. The third-order valence-electron chi connectivity index (χ3n) is 4.91. The molecule has 0 spiro atoms. The zero-order chi connectivity index (χ0) is 23.3. The van der Waals surface area contributed by atoms with Gasteiger partial charge in [0.1, 0.15) is 5.75 Å². The number of ether oxygens (including phenoxy) is 1. The minimum Gasteiger partial charge on any atom is -0.484 e. The Kier molecular flexibility index (Phi) is 7.71. The number of aryl methyl sites for hydroxylation is 2. The summed E-state index contributed by atoms with van der Waals surface area (Å²) in [6.45, 7) is 3.93. The number of carbonyl (C=O) groups excluding carboxylic acids is 1. The second-order valence-corrected chi connectivity index (χ2v) is 10.4. The summed E-state index contributed by atoms with van der Waals surface area (Å²) in [6, 6.07) is 19.3. The topological polar surface area (TPSA) is 75.7 Å². The van der Waals surface area contributed by atoms with Crippen LogP contribution in [0.2, 0.25) is 0 Å². The fourth-order valence-electron chi connectivity index (χ4n) is 3.25. The van der Waals surface area contributed by atoms with E-state index >= 15 is 0 Å². The highest BCUT2D eigenvalue weighted by molar-refractivity contribution is 9.10. The first-order chi connectivity index (χ1) is 15.2. The van der Waals surface area contributed by atoms with E-state index in [1.807, 2.05) is 56.3 Å². The molecule has 0 unspecified atom stereocenters. The van der Waals surface area contributed by atoms with E-state index in [4.69, 9.17) is 4.74 Å². The fraction of sp³-hybridized carbons (Fsp3) is 0.208. The molecule has 0 bridgehead atoms.